The number of halogens is 3. The van der Waals surface area contributed by atoms with E-state index in [9.17, 15) is 9.41 Å². The molecule has 1 aromatic rings. The summed E-state index contributed by atoms with van der Waals surface area (Å²) in [6, 6.07) is 4.56. The first-order chi connectivity index (χ1) is 5.70. The van der Waals surface area contributed by atoms with Gasteiger partial charge in [-0.2, -0.15) is 0 Å². The summed E-state index contributed by atoms with van der Waals surface area (Å²) in [5.74, 6) is -0.444. The van der Waals surface area contributed by atoms with Crippen LogP contribution in [0.5, 0.6) is 0 Å². The second kappa shape index (κ2) is 3.14. The fourth-order valence-electron chi connectivity index (χ4n) is 1.04. The molecule has 0 amide bonds. The van der Waals surface area contributed by atoms with Gasteiger partial charge in [-0.25, -0.2) is 0 Å². The molecule has 1 aliphatic rings. The van der Waals surface area contributed by atoms with E-state index in [4.69, 9.17) is 11.9 Å². The molecule has 2 nitrogen and oxygen atoms in total. The molecule has 1 N–H and O–H groups in total. The molecule has 0 radical (unpaired) electrons. The zero-order chi connectivity index (χ0) is 8.72. The average molecular weight is 300 g/mol. The molecule has 0 aliphatic carbocycles. The van der Waals surface area contributed by atoms with Crippen LogP contribution < -0.4 is 5.46 Å². The molecular formula is C6H4BClFIO2. The molecule has 64 valence electrons. The van der Waals surface area contributed by atoms with Gasteiger partial charge >= 0.3 is 80.6 Å². The molecule has 0 spiro atoms. The molecule has 0 unspecified atom stereocenters. The third-order valence-corrected chi connectivity index (χ3v) is 5.84. The Bertz CT molecular complexity index is 324. The average Bonchev–Trinajstić information content (AvgIpc) is 2.29. The van der Waals surface area contributed by atoms with Crippen molar-refractivity contribution in [2.75, 3.05) is 0 Å². The fraction of sp³-hybridized carbons (Fsp3) is 0. The summed E-state index contributed by atoms with van der Waals surface area (Å²) in [4.78, 5) is 0. The van der Waals surface area contributed by atoms with Crippen LogP contribution in [0.1, 0.15) is 0 Å². The number of hydrogen-bond acceptors (Lipinski definition) is 2. The molecule has 0 aromatic heterocycles. The van der Waals surface area contributed by atoms with Gasteiger partial charge in [0.25, 0.3) is 0 Å². The Kier molecular flexibility index (Phi) is 2.28. The summed E-state index contributed by atoms with van der Waals surface area (Å²) >= 11 is -2.22. The summed E-state index contributed by atoms with van der Waals surface area (Å²) < 4.78 is 18.7. The third kappa shape index (κ3) is 1.24. The number of fused-ring (bicyclic) bond motifs is 1. The summed E-state index contributed by atoms with van der Waals surface area (Å²) in [6.45, 7) is 0. The molecule has 1 aromatic carbocycles. The van der Waals surface area contributed by atoms with Crippen molar-refractivity contribution in [3.8, 4) is 0 Å². The molecule has 0 bridgehead atoms. The van der Waals surface area contributed by atoms with Crippen LogP contribution in [-0.4, -0.2) is 12.1 Å². The molecule has 1 aliphatic heterocycles. The first-order valence-electron chi connectivity index (χ1n) is 3.20. The maximum atomic E-state index is 13.0. The van der Waals surface area contributed by atoms with Crippen molar-refractivity contribution >= 4 is 40.6 Å². The van der Waals surface area contributed by atoms with E-state index >= 15 is 0 Å². The van der Waals surface area contributed by atoms with Gasteiger partial charge in [-0.05, 0) is 0 Å². The zero-order valence-electron chi connectivity index (χ0n) is 5.80. The number of hydrogen-bond donors (Lipinski definition) is 1. The van der Waals surface area contributed by atoms with Gasteiger partial charge in [0.05, 0.1) is 0 Å². The van der Waals surface area contributed by atoms with E-state index in [0.29, 0.717) is 3.57 Å². The van der Waals surface area contributed by atoms with Crippen molar-refractivity contribution in [1.82, 2.24) is 0 Å². The monoisotopic (exact) mass is 300 g/mol. The Balaban J connectivity index is 2.59. The van der Waals surface area contributed by atoms with Crippen LogP contribution in [0.4, 0.5) is 4.39 Å². The van der Waals surface area contributed by atoms with Gasteiger partial charge in [0.1, 0.15) is 0 Å². The minimum atomic E-state index is -2.22. The van der Waals surface area contributed by atoms with Crippen LogP contribution in [0.25, 0.3) is 0 Å². The normalized spacial score (nSPS) is 18.2. The molecule has 0 saturated heterocycles. The Morgan fingerprint density at radius 3 is 3.00 bits per heavy atom. The molecule has 12 heavy (non-hydrogen) atoms. The van der Waals surface area contributed by atoms with Crippen LogP contribution >= 0.6 is 28.0 Å². The van der Waals surface area contributed by atoms with E-state index in [1.165, 1.54) is 6.07 Å². The first-order valence-corrected chi connectivity index (χ1v) is 7.89. The van der Waals surface area contributed by atoms with Gasteiger partial charge in [0.2, 0.25) is 0 Å². The van der Waals surface area contributed by atoms with Crippen molar-refractivity contribution in [1.29, 1.82) is 0 Å². The maximum absolute atomic E-state index is 13.0. The Morgan fingerprint density at radius 2 is 2.33 bits per heavy atom. The summed E-state index contributed by atoms with van der Waals surface area (Å²) in [6.07, 6.45) is 0. The van der Waals surface area contributed by atoms with E-state index < -0.39 is 32.0 Å². The fourth-order valence-corrected chi connectivity index (χ4v) is 4.73. The standard InChI is InChI=1S/C6H4BClFIO2/c8-10-5-3-1-2-4(9)6(5)7(11)12-10/h1-3,11H. The van der Waals surface area contributed by atoms with Crippen molar-refractivity contribution in [2.45, 2.75) is 0 Å². The minimum absolute atomic E-state index is 0.220. The number of rotatable bonds is 0. The van der Waals surface area contributed by atoms with E-state index in [1.54, 1.807) is 12.1 Å². The van der Waals surface area contributed by atoms with Crippen LogP contribution in [0, 0.1) is 9.39 Å². The Hall–Kier alpha value is 0.155. The van der Waals surface area contributed by atoms with Crippen molar-refractivity contribution in [3.63, 3.8) is 0 Å². The van der Waals surface area contributed by atoms with Crippen molar-refractivity contribution in [3.05, 3.63) is 27.6 Å². The second-order valence-electron chi connectivity index (χ2n) is 2.28. The second-order valence-corrected chi connectivity index (χ2v) is 6.88. The quantitative estimate of drug-likeness (QED) is 0.578. The molecule has 0 fully saturated rings. The van der Waals surface area contributed by atoms with Gasteiger partial charge < -0.3 is 0 Å². The molecule has 1 heterocycles. The van der Waals surface area contributed by atoms with Crippen LogP contribution in [0.2, 0.25) is 0 Å². The summed E-state index contributed by atoms with van der Waals surface area (Å²) in [7, 11) is 4.65. The molecular weight excluding hydrogens is 296 g/mol. The summed E-state index contributed by atoms with van der Waals surface area (Å²) in [5.41, 5.74) is 0.220. The molecule has 0 saturated carbocycles. The van der Waals surface area contributed by atoms with Gasteiger partial charge in [-0.1, -0.05) is 0 Å². The first kappa shape index (κ1) is 8.74. The van der Waals surface area contributed by atoms with E-state index in [1.807, 2.05) is 0 Å². The number of benzene rings is 1. The van der Waals surface area contributed by atoms with Gasteiger partial charge in [0, 0.05) is 0 Å². The third-order valence-electron chi connectivity index (χ3n) is 1.57. The van der Waals surface area contributed by atoms with E-state index in [0.717, 1.165) is 0 Å². The Morgan fingerprint density at radius 1 is 1.58 bits per heavy atom. The summed E-state index contributed by atoms with van der Waals surface area (Å²) in [5, 5.41) is 9.23. The van der Waals surface area contributed by atoms with Crippen LogP contribution in [-0.2, 0) is 2.98 Å². The topological polar surface area (TPSA) is 29.5 Å². The van der Waals surface area contributed by atoms with Crippen LogP contribution in [0.15, 0.2) is 18.2 Å². The van der Waals surface area contributed by atoms with E-state index in [-0.39, 0.29) is 5.46 Å². The van der Waals surface area contributed by atoms with Gasteiger partial charge in [-0.15, -0.1) is 0 Å². The SMILES string of the molecule is OB1OI(Cl)c2cccc(F)c21. The van der Waals surface area contributed by atoms with Gasteiger partial charge in [-0.3, -0.25) is 0 Å². The molecule has 6 heteroatoms. The van der Waals surface area contributed by atoms with E-state index in [2.05, 4.69) is 0 Å². The van der Waals surface area contributed by atoms with Crippen LogP contribution in [0.3, 0.4) is 0 Å². The van der Waals surface area contributed by atoms with Gasteiger partial charge in [0.15, 0.2) is 0 Å². The predicted molar refractivity (Wildman–Crippen MR) is 53.7 cm³/mol. The predicted octanol–water partition coefficient (Wildman–Crippen LogP) is 1.29. The van der Waals surface area contributed by atoms with Crippen molar-refractivity contribution in [2.24, 2.45) is 0 Å². The Labute approximate surface area is 80.5 Å². The van der Waals surface area contributed by atoms with Crippen molar-refractivity contribution < 1.29 is 12.4 Å². The molecule has 2 rings (SSSR count). The molecule has 0 atom stereocenters. The zero-order valence-corrected chi connectivity index (χ0v) is 8.71.